The fourth-order valence-electron chi connectivity index (χ4n) is 1.94. The van der Waals surface area contributed by atoms with Crippen LogP contribution in [0.4, 0.5) is 0 Å². The van der Waals surface area contributed by atoms with Crippen molar-refractivity contribution in [1.29, 1.82) is 0 Å². The van der Waals surface area contributed by atoms with Crippen LogP contribution in [0, 0.1) is 0 Å². The summed E-state index contributed by atoms with van der Waals surface area (Å²) in [4.78, 5) is 0. The predicted molar refractivity (Wildman–Crippen MR) is 82.4 cm³/mol. The largest absolute Gasteiger partial charge is 0.485 e. The van der Waals surface area contributed by atoms with Crippen LogP contribution in [0.5, 0.6) is 5.75 Å². The number of nitrogens with two attached hydrogens (primary N) is 1. The second-order valence-electron chi connectivity index (χ2n) is 4.47. The predicted octanol–water partition coefficient (Wildman–Crippen LogP) is 4.09. The van der Waals surface area contributed by atoms with E-state index in [1.807, 2.05) is 24.3 Å². The van der Waals surface area contributed by atoms with Crippen molar-refractivity contribution in [1.82, 2.24) is 0 Å². The molecule has 100 valence electrons. The molecule has 0 heterocycles. The highest BCUT2D eigenvalue weighted by Gasteiger charge is 2.09. The normalized spacial score (nSPS) is 12.2. The van der Waals surface area contributed by atoms with Crippen molar-refractivity contribution in [3.05, 3.63) is 64.1 Å². The number of hydrogen-bond donors (Lipinski definition) is 1. The van der Waals surface area contributed by atoms with Gasteiger partial charge in [0, 0.05) is 0 Å². The van der Waals surface area contributed by atoms with E-state index in [0.29, 0.717) is 6.54 Å². The summed E-state index contributed by atoms with van der Waals surface area (Å²) in [7, 11) is 0. The molecule has 19 heavy (non-hydrogen) atoms. The molecule has 0 aliphatic heterocycles. The lowest BCUT2D eigenvalue weighted by Crippen LogP contribution is -2.05. The summed E-state index contributed by atoms with van der Waals surface area (Å²) in [5.74, 6) is 0.858. The summed E-state index contributed by atoms with van der Waals surface area (Å²) >= 11 is 3.55. The van der Waals surface area contributed by atoms with Crippen LogP contribution in [0.15, 0.2) is 53.0 Å². The monoisotopic (exact) mass is 319 g/mol. The van der Waals surface area contributed by atoms with Gasteiger partial charge >= 0.3 is 0 Å². The summed E-state index contributed by atoms with van der Waals surface area (Å²) in [6.45, 7) is 2.71. The average Bonchev–Trinajstić information content (AvgIpc) is 2.43. The van der Waals surface area contributed by atoms with Gasteiger partial charge in [-0.3, -0.25) is 0 Å². The zero-order valence-corrected chi connectivity index (χ0v) is 12.6. The van der Waals surface area contributed by atoms with E-state index in [0.717, 1.165) is 16.6 Å². The highest BCUT2D eigenvalue weighted by atomic mass is 79.9. The Hall–Kier alpha value is -1.32. The molecule has 2 aromatic carbocycles. The molecule has 0 amide bonds. The van der Waals surface area contributed by atoms with Gasteiger partial charge in [0.15, 0.2) is 0 Å². The third-order valence-electron chi connectivity index (χ3n) is 3.00. The molecule has 0 aromatic heterocycles. The Bertz CT molecular complexity index is 528. The van der Waals surface area contributed by atoms with Crippen molar-refractivity contribution in [2.24, 2.45) is 5.73 Å². The van der Waals surface area contributed by atoms with E-state index >= 15 is 0 Å². The van der Waals surface area contributed by atoms with E-state index in [4.69, 9.17) is 10.5 Å². The topological polar surface area (TPSA) is 35.2 Å². The number of halogens is 1. The Morgan fingerprint density at radius 1 is 1.16 bits per heavy atom. The van der Waals surface area contributed by atoms with Crippen molar-refractivity contribution in [3.63, 3.8) is 0 Å². The lowest BCUT2D eigenvalue weighted by molar-refractivity contribution is 0.225. The number of ether oxygens (including phenoxy) is 1. The summed E-state index contributed by atoms with van der Waals surface area (Å²) < 4.78 is 6.96. The van der Waals surface area contributed by atoms with Crippen LogP contribution in [0.3, 0.4) is 0 Å². The lowest BCUT2D eigenvalue weighted by atomic mass is 10.1. The molecular formula is C16H18BrNO. The van der Waals surface area contributed by atoms with E-state index in [1.165, 1.54) is 11.1 Å². The Kier molecular flexibility index (Phi) is 5.00. The van der Waals surface area contributed by atoms with Crippen LogP contribution in [-0.2, 0) is 6.42 Å². The number of hydrogen-bond acceptors (Lipinski definition) is 2. The Balaban J connectivity index is 2.11. The Labute approximate surface area is 122 Å². The highest BCUT2D eigenvalue weighted by Crippen LogP contribution is 2.30. The van der Waals surface area contributed by atoms with Crippen LogP contribution in [0.2, 0.25) is 0 Å². The summed E-state index contributed by atoms with van der Waals surface area (Å²) in [5, 5.41) is 0. The molecule has 0 spiro atoms. The van der Waals surface area contributed by atoms with Crippen molar-refractivity contribution < 1.29 is 4.74 Å². The van der Waals surface area contributed by atoms with Crippen molar-refractivity contribution in [2.75, 3.05) is 6.54 Å². The fourth-order valence-corrected chi connectivity index (χ4v) is 2.46. The molecule has 0 aliphatic rings. The molecule has 2 rings (SSSR count). The van der Waals surface area contributed by atoms with Gasteiger partial charge in [-0.15, -0.1) is 0 Å². The average molecular weight is 320 g/mol. The van der Waals surface area contributed by atoms with Gasteiger partial charge in [-0.05, 0) is 59.1 Å². The van der Waals surface area contributed by atoms with Crippen molar-refractivity contribution in [2.45, 2.75) is 19.4 Å². The molecule has 0 saturated heterocycles. The maximum absolute atomic E-state index is 5.99. The first kappa shape index (κ1) is 14.1. The minimum atomic E-state index is 0.0258. The Morgan fingerprint density at radius 3 is 2.53 bits per heavy atom. The smallest absolute Gasteiger partial charge is 0.134 e. The lowest BCUT2D eigenvalue weighted by Gasteiger charge is -2.16. The van der Waals surface area contributed by atoms with Gasteiger partial charge in [-0.25, -0.2) is 0 Å². The molecule has 0 aliphatic carbocycles. The number of benzene rings is 2. The van der Waals surface area contributed by atoms with Gasteiger partial charge in [0.2, 0.25) is 0 Å². The minimum absolute atomic E-state index is 0.0258. The van der Waals surface area contributed by atoms with Crippen LogP contribution in [0.1, 0.15) is 24.2 Å². The van der Waals surface area contributed by atoms with Gasteiger partial charge in [0.05, 0.1) is 4.47 Å². The van der Waals surface area contributed by atoms with E-state index in [9.17, 15) is 0 Å². The summed E-state index contributed by atoms with van der Waals surface area (Å²) in [5.41, 5.74) is 7.94. The van der Waals surface area contributed by atoms with Crippen molar-refractivity contribution in [3.8, 4) is 5.75 Å². The highest BCUT2D eigenvalue weighted by molar-refractivity contribution is 9.10. The second-order valence-corrected chi connectivity index (χ2v) is 5.33. The third-order valence-corrected chi connectivity index (χ3v) is 3.62. The van der Waals surface area contributed by atoms with Gasteiger partial charge < -0.3 is 10.5 Å². The van der Waals surface area contributed by atoms with Crippen molar-refractivity contribution >= 4 is 15.9 Å². The third kappa shape index (κ3) is 3.82. The summed E-state index contributed by atoms with van der Waals surface area (Å²) in [6, 6.07) is 16.3. The number of rotatable bonds is 5. The van der Waals surface area contributed by atoms with E-state index < -0.39 is 0 Å². The van der Waals surface area contributed by atoms with E-state index in [2.05, 4.69) is 47.1 Å². The quantitative estimate of drug-likeness (QED) is 0.900. The second kappa shape index (κ2) is 6.73. The first-order valence-corrected chi connectivity index (χ1v) is 7.20. The molecule has 1 atom stereocenters. The SMILES string of the molecule is CC(Oc1ccc(CCN)cc1Br)c1ccccc1. The fraction of sp³-hybridized carbons (Fsp3) is 0.250. The van der Waals surface area contributed by atoms with Gasteiger partial charge in [0.25, 0.3) is 0 Å². The summed E-state index contributed by atoms with van der Waals surface area (Å²) in [6.07, 6.45) is 0.908. The van der Waals surface area contributed by atoms with Crippen LogP contribution >= 0.6 is 15.9 Å². The van der Waals surface area contributed by atoms with Gasteiger partial charge in [-0.1, -0.05) is 36.4 Å². The maximum Gasteiger partial charge on any atom is 0.134 e. The first-order chi connectivity index (χ1) is 9.20. The molecule has 0 fully saturated rings. The Morgan fingerprint density at radius 2 is 1.89 bits per heavy atom. The zero-order valence-electron chi connectivity index (χ0n) is 11.0. The van der Waals surface area contributed by atoms with Crippen LogP contribution in [-0.4, -0.2) is 6.54 Å². The van der Waals surface area contributed by atoms with Gasteiger partial charge in [0.1, 0.15) is 11.9 Å². The van der Waals surface area contributed by atoms with Crippen LogP contribution in [0.25, 0.3) is 0 Å². The molecule has 1 unspecified atom stereocenters. The molecule has 2 aromatic rings. The van der Waals surface area contributed by atoms with Gasteiger partial charge in [-0.2, -0.15) is 0 Å². The maximum atomic E-state index is 5.99. The molecule has 2 nitrogen and oxygen atoms in total. The molecule has 0 bridgehead atoms. The van der Waals surface area contributed by atoms with Crippen LogP contribution < -0.4 is 10.5 Å². The molecule has 0 radical (unpaired) electrons. The van der Waals surface area contributed by atoms with E-state index in [1.54, 1.807) is 0 Å². The molecular weight excluding hydrogens is 302 g/mol. The molecule has 0 saturated carbocycles. The van der Waals surface area contributed by atoms with E-state index in [-0.39, 0.29) is 6.10 Å². The minimum Gasteiger partial charge on any atom is -0.485 e. The molecule has 3 heteroatoms. The first-order valence-electron chi connectivity index (χ1n) is 6.41. The molecule has 2 N–H and O–H groups in total. The standard InChI is InChI=1S/C16H18BrNO/c1-12(14-5-3-2-4-6-14)19-16-8-7-13(9-10-18)11-15(16)17/h2-8,11-12H,9-10,18H2,1H3. The zero-order chi connectivity index (χ0) is 13.7.